The summed E-state index contributed by atoms with van der Waals surface area (Å²) in [5.74, 6) is 1.64. The van der Waals surface area contributed by atoms with E-state index in [1.165, 1.54) is 0 Å². The summed E-state index contributed by atoms with van der Waals surface area (Å²) in [6, 6.07) is 8.09. The van der Waals surface area contributed by atoms with Gasteiger partial charge in [-0.1, -0.05) is 38.0 Å². The van der Waals surface area contributed by atoms with Gasteiger partial charge in [-0.05, 0) is 51.5 Å². The fourth-order valence-corrected chi connectivity index (χ4v) is 4.90. The number of para-hydroxylation sites is 1. The fraction of sp³-hybridized carbons (Fsp3) is 0.500. The lowest BCUT2D eigenvalue weighted by Crippen LogP contribution is -2.24. The number of hydrogen-bond acceptors (Lipinski definition) is 5. The smallest absolute Gasteiger partial charge is 0.323 e. The number of nitrogen functional groups attached to an aromatic ring is 1. The van der Waals surface area contributed by atoms with Crippen molar-refractivity contribution in [1.82, 2.24) is 29.8 Å². The maximum absolute atomic E-state index is 12.3. The molecule has 4 aromatic rings. The number of aromatic nitrogens is 5. The second-order valence-corrected chi connectivity index (χ2v) is 9.80. The van der Waals surface area contributed by atoms with E-state index in [2.05, 4.69) is 37.8 Å². The molecule has 0 aliphatic carbocycles. The zero-order valence-corrected chi connectivity index (χ0v) is 22.0. The first-order valence-electron chi connectivity index (χ1n) is 13.6. The molecular formula is C28H39N7O2. The van der Waals surface area contributed by atoms with Gasteiger partial charge in [-0.2, -0.15) is 0 Å². The number of carbonyl (C=O) groups is 1. The minimum absolute atomic E-state index is 0.104. The Morgan fingerprint density at radius 3 is 2.65 bits per heavy atom. The number of aryl methyl sites for hydroxylation is 4. The first kappa shape index (κ1) is 26.4. The van der Waals surface area contributed by atoms with E-state index in [0.29, 0.717) is 18.8 Å². The van der Waals surface area contributed by atoms with Gasteiger partial charge in [-0.25, -0.2) is 14.8 Å². The molecule has 1 amide bonds. The molecule has 9 nitrogen and oxygen atoms in total. The zero-order valence-electron chi connectivity index (χ0n) is 22.0. The summed E-state index contributed by atoms with van der Waals surface area (Å²) < 4.78 is 2.31. The van der Waals surface area contributed by atoms with Crippen LogP contribution in [0.5, 0.6) is 0 Å². The van der Waals surface area contributed by atoms with E-state index in [9.17, 15) is 9.59 Å². The summed E-state index contributed by atoms with van der Waals surface area (Å²) in [7, 11) is 0. The number of fused-ring (bicyclic) bond motifs is 3. The van der Waals surface area contributed by atoms with Gasteiger partial charge < -0.3 is 25.6 Å². The van der Waals surface area contributed by atoms with Gasteiger partial charge in [0.1, 0.15) is 11.3 Å². The van der Waals surface area contributed by atoms with Crippen LogP contribution in [0.1, 0.15) is 75.5 Å². The van der Waals surface area contributed by atoms with Crippen LogP contribution in [0.4, 0.5) is 5.82 Å². The second-order valence-electron chi connectivity index (χ2n) is 9.80. The lowest BCUT2D eigenvalue weighted by atomic mass is 10.1. The molecule has 0 unspecified atom stereocenters. The average Bonchev–Trinajstić information content (AvgIpc) is 3.41. The molecule has 3 aromatic heterocycles. The number of nitrogens with two attached hydrogens (primary N) is 1. The number of benzene rings is 1. The molecule has 37 heavy (non-hydrogen) atoms. The van der Waals surface area contributed by atoms with Crippen LogP contribution in [0.3, 0.4) is 0 Å². The topological polar surface area (TPSA) is 134 Å². The Morgan fingerprint density at radius 2 is 1.86 bits per heavy atom. The van der Waals surface area contributed by atoms with E-state index in [4.69, 9.17) is 10.7 Å². The number of H-pyrrole nitrogens is 2. The summed E-state index contributed by atoms with van der Waals surface area (Å²) in [5.41, 5.74) is 10.7. The molecule has 0 aliphatic heterocycles. The van der Waals surface area contributed by atoms with Crippen molar-refractivity contribution in [2.24, 2.45) is 0 Å². The van der Waals surface area contributed by atoms with Gasteiger partial charge in [0.15, 0.2) is 5.82 Å². The fourth-order valence-electron chi connectivity index (χ4n) is 4.90. The van der Waals surface area contributed by atoms with E-state index in [1.54, 1.807) is 0 Å². The summed E-state index contributed by atoms with van der Waals surface area (Å²) in [5, 5.41) is 4.14. The molecule has 0 atom stereocenters. The van der Waals surface area contributed by atoms with Gasteiger partial charge in [-0.15, -0.1) is 0 Å². The highest BCUT2D eigenvalue weighted by Crippen LogP contribution is 2.29. The number of amides is 1. The standard InChI is InChI=1S/C28H39N7O2/c1-3-4-15-23-34-25-26(20-12-8-9-14-22(20)32-27(25)29)35(23)18-11-10-17-30-24(36)16-7-5-6-13-21-19(2)31-28(37)33-21/h8-9,12,14H,3-7,10-11,13,15-18H2,1-2H3,(H2,29,32)(H,30,36)(H2,31,33,37). The van der Waals surface area contributed by atoms with Gasteiger partial charge in [0.25, 0.3) is 0 Å². The molecule has 5 N–H and O–H groups in total. The van der Waals surface area contributed by atoms with E-state index in [1.807, 2.05) is 25.1 Å². The molecule has 0 fully saturated rings. The summed E-state index contributed by atoms with van der Waals surface area (Å²) >= 11 is 0. The van der Waals surface area contributed by atoms with Crippen molar-refractivity contribution in [3.05, 3.63) is 52.0 Å². The summed E-state index contributed by atoms with van der Waals surface area (Å²) in [4.78, 5) is 38.6. The SMILES string of the molecule is CCCCc1nc2c(N)nc3ccccc3c2n1CCCCNC(=O)CCCCCc1[nH]c(=O)[nH]c1C. The first-order valence-corrected chi connectivity index (χ1v) is 13.6. The van der Waals surface area contributed by atoms with Gasteiger partial charge in [-0.3, -0.25) is 4.79 Å². The number of anilines is 1. The van der Waals surface area contributed by atoms with Gasteiger partial charge in [0, 0.05) is 42.7 Å². The van der Waals surface area contributed by atoms with Gasteiger partial charge >= 0.3 is 5.69 Å². The normalized spacial score (nSPS) is 11.5. The number of rotatable bonds is 14. The third-order valence-corrected chi connectivity index (χ3v) is 6.92. The molecule has 0 aliphatic rings. The maximum Gasteiger partial charge on any atom is 0.323 e. The van der Waals surface area contributed by atoms with E-state index < -0.39 is 0 Å². The van der Waals surface area contributed by atoms with Crippen LogP contribution in [0, 0.1) is 6.92 Å². The van der Waals surface area contributed by atoms with E-state index in [0.717, 1.165) is 103 Å². The molecule has 3 heterocycles. The minimum atomic E-state index is -0.153. The van der Waals surface area contributed by atoms with Crippen LogP contribution in [0.25, 0.3) is 21.9 Å². The van der Waals surface area contributed by atoms with Crippen LogP contribution in [-0.4, -0.2) is 37.0 Å². The van der Waals surface area contributed by atoms with E-state index in [-0.39, 0.29) is 11.6 Å². The van der Waals surface area contributed by atoms with Crippen molar-refractivity contribution < 1.29 is 4.79 Å². The Hall–Kier alpha value is -3.62. The number of hydrogen-bond donors (Lipinski definition) is 4. The van der Waals surface area contributed by atoms with Crippen LogP contribution in [0.15, 0.2) is 29.1 Å². The third kappa shape index (κ3) is 6.58. The highest BCUT2D eigenvalue weighted by molar-refractivity contribution is 6.06. The third-order valence-electron chi connectivity index (χ3n) is 6.92. The van der Waals surface area contributed by atoms with Crippen molar-refractivity contribution in [3.63, 3.8) is 0 Å². The number of carbonyl (C=O) groups excluding carboxylic acids is 1. The number of aromatic amines is 2. The Kier molecular flexibility index (Phi) is 8.98. The lowest BCUT2D eigenvalue weighted by Gasteiger charge is -2.11. The van der Waals surface area contributed by atoms with Gasteiger partial charge in [0.05, 0.1) is 11.0 Å². The molecule has 198 valence electrons. The summed E-state index contributed by atoms with van der Waals surface area (Å²) in [6.45, 7) is 5.59. The Bertz CT molecular complexity index is 1400. The van der Waals surface area contributed by atoms with Crippen molar-refractivity contribution in [2.45, 2.75) is 84.6 Å². The number of nitrogens with zero attached hydrogens (tertiary/aromatic N) is 3. The number of imidazole rings is 2. The second kappa shape index (κ2) is 12.6. The highest BCUT2D eigenvalue weighted by Gasteiger charge is 2.16. The predicted octanol–water partition coefficient (Wildman–Crippen LogP) is 4.53. The lowest BCUT2D eigenvalue weighted by molar-refractivity contribution is -0.121. The zero-order chi connectivity index (χ0) is 26.2. The molecule has 0 spiro atoms. The predicted molar refractivity (Wildman–Crippen MR) is 149 cm³/mol. The van der Waals surface area contributed by atoms with Crippen molar-refractivity contribution >= 4 is 33.7 Å². The highest BCUT2D eigenvalue weighted by atomic mass is 16.1. The Labute approximate surface area is 217 Å². The van der Waals surface area contributed by atoms with Crippen molar-refractivity contribution in [1.29, 1.82) is 0 Å². The number of pyridine rings is 1. The largest absolute Gasteiger partial charge is 0.382 e. The molecule has 0 bridgehead atoms. The molecular weight excluding hydrogens is 466 g/mol. The Morgan fingerprint density at radius 1 is 1.03 bits per heavy atom. The van der Waals surface area contributed by atoms with Crippen molar-refractivity contribution in [2.75, 3.05) is 12.3 Å². The quantitative estimate of drug-likeness (QED) is 0.187. The van der Waals surface area contributed by atoms with Crippen LogP contribution in [0.2, 0.25) is 0 Å². The summed E-state index contributed by atoms with van der Waals surface area (Å²) in [6.07, 6.45) is 9.06. The number of unbranched alkanes of at least 4 members (excludes halogenated alkanes) is 4. The molecule has 9 heteroatoms. The molecule has 4 rings (SSSR count). The van der Waals surface area contributed by atoms with Crippen LogP contribution < -0.4 is 16.7 Å². The molecule has 1 aromatic carbocycles. The number of nitrogens with one attached hydrogen (secondary N) is 3. The minimum Gasteiger partial charge on any atom is -0.382 e. The van der Waals surface area contributed by atoms with E-state index >= 15 is 0 Å². The van der Waals surface area contributed by atoms with Crippen LogP contribution >= 0.6 is 0 Å². The molecule has 0 saturated carbocycles. The first-order chi connectivity index (χ1) is 18.0. The van der Waals surface area contributed by atoms with Crippen molar-refractivity contribution in [3.8, 4) is 0 Å². The monoisotopic (exact) mass is 505 g/mol. The Balaban J connectivity index is 1.25. The maximum atomic E-state index is 12.3. The van der Waals surface area contributed by atoms with Crippen LogP contribution in [-0.2, 0) is 24.2 Å². The molecule has 0 saturated heterocycles. The molecule has 0 radical (unpaired) electrons. The van der Waals surface area contributed by atoms with Gasteiger partial charge in [0.2, 0.25) is 5.91 Å². The average molecular weight is 506 g/mol.